The Kier molecular flexibility index (Phi) is 3.47. The number of epoxide rings is 1. The van der Waals surface area contributed by atoms with Gasteiger partial charge in [0.25, 0.3) is 0 Å². The summed E-state index contributed by atoms with van der Waals surface area (Å²) in [6.07, 6.45) is 4.58. The van der Waals surface area contributed by atoms with Gasteiger partial charge in [-0.15, -0.1) is 0 Å². The van der Waals surface area contributed by atoms with Crippen LogP contribution in [-0.4, -0.2) is 51.9 Å². The van der Waals surface area contributed by atoms with E-state index in [1.54, 1.807) is 6.08 Å². The maximum Gasteiger partial charge on any atom is 0.190 e. The van der Waals surface area contributed by atoms with E-state index in [1.807, 2.05) is 20.8 Å². The number of ketones is 2. The summed E-state index contributed by atoms with van der Waals surface area (Å²) in [7, 11) is 0. The lowest BCUT2D eigenvalue weighted by atomic mass is 9.46. The smallest absolute Gasteiger partial charge is 0.190 e. The molecule has 5 rings (SSSR count). The lowest BCUT2D eigenvalue weighted by molar-refractivity contribution is -0.166. The van der Waals surface area contributed by atoms with Crippen LogP contribution in [0.3, 0.4) is 0 Å². The van der Waals surface area contributed by atoms with E-state index >= 15 is 4.39 Å². The van der Waals surface area contributed by atoms with Gasteiger partial charge in [0.05, 0.1) is 6.10 Å². The van der Waals surface area contributed by atoms with Gasteiger partial charge in [-0.2, -0.15) is 0 Å². The Labute approximate surface area is 163 Å². The van der Waals surface area contributed by atoms with Crippen LogP contribution < -0.4 is 0 Å². The molecule has 1 saturated heterocycles. The molecule has 0 radical (unpaired) electrons. The van der Waals surface area contributed by atoms with Crippen molar-refractivity contribution < 1.29 is 28.9 Å². The molecule has 4 fully saturated rings. The van der Waals surface area contributed by atoms with E-state index in [0.717, 1.165) is 0 Å². The Morgan fingerprint density at radius 2 is 2.04 bits per heavy atom. The average Bonchev–Trinajstić information content (AvgIpc) is 3.34. The van der Waals surface area contributed by atoms with Crippen molar-refractivity contribution >= 4 is 11.6 Å². The molecule has 9 atom stereocenters. The first-order valence-corrected chi connectivity index (χ1v) is 10.2. The van der Waals surface area contributed by atoms with Crippen LogP contribution in [0.15, 0.2) is 23.8 Å². The molecule has 6 heteroatoms. The summed E-state index contributed by atoms with van der Waals surface area (Å²) in [5, 5.41) is 21.0. The van der Waals surface area contributed by atoms with Crippen molar-refractivity contribution in [3.63, 3.8) is 0 Å². The molecule has 3 saturated carbocycles. The van der Waals surface area contributed by atoms with Crippen LogP contribution in [-0.2, 0) is 14.3 Å². The molecule has 0 bridgehead atoms. The number of allylic oxidation sites excluding steroid dienone is 2. The standard InChI is InChI=1S/C22H27FO5/c1-11-6-13-14-8-16(23)15-7-12(25)4-5-19(15,2)22(14)18(28-22)9-20(13,3)21(11,27)17(26)10-24/h4-5,7,11,13-14,16,18,24,27H,6,8-10H2,1-3H3/t11-,13?,14?,16+,18+,19+,20+,21+,22?/m1/s1. The lowest BCUT2D eigenvalue weighted by Crippen LogP contribution is -2.63. The number of rotatable bonds is 2. The summed E-state index contributed by atoms with van der Waals surface area (Å²) in [4.78, 5) is 24.5. The fourth-order valence-corrected chi connectivity index (χ4v) is 7.69. The zero-order valence-corrected chi connectivity index (χ0v) is 16.4. The maximum atomic E-state index is 15.3. The van der Waals surface area contributed by atoms with E-state index in [4.69, 9.17) is 4.74 Å². The number of carbonyl (C=O) groups excluding carboxylic acids is 2. The first kappa shape index (κ1) is 18.6. The third-order valence-electron chi connectivity index (χ3n) is 9.07. The molecule has 1 heterocycles. The normalized spacial score (nSPS) is 56.3. The van der Waals surface area contributed by atoms with E-state index in [0.29, 0.717) is 18.4 Å². The van der Waals surface area contributed by atoms with Crippen LogP contribution in [0, 0.1) is 28.6 Å². The Hall–Kier alpha value is -1.37. The lowest BCUT2D eigenvalue weighted by Gasteiger charge is -2.56. The van der Waals surface area contributed by atoms with Crippen molar-refractivity contribution in [1.29, 1.82) is 0 Å². The molecule has 5 nitrogen and oxygen atoms in total. The minimum Gasteiger partial charge on any atom is -0.388 e. The van der Waals surface area contributed by atoms with Crippen LogP contribution >= 0.6 is 0 Å². The van der Waals surface area contributed by atoms with Crippen molar-refractivity contribution in [2.75, 3.05) is 6.61 Å². The van der Waals surface area contributed by atoms with E-state index in [9.17, 15) is 19.8 Å². The second kappa shape index (κ2) is 5.21. The molecule has 1 aliphatic heterocycles. The second-order valence-electron chi connectivity index (χ2n) is 9.96. The number of hydrogen-bond acceptors (Lipinski definition) is 5. The predicted molar refractivity (Wildman–Crippen MR) is 98.0 cm³/mol. The highest BCUT2D eigenvalue weighted by molar-refractivity contribution is 6.01. The Balaban J connectivity index is 1.63. The summed E-state index contributed by atoms with van der Waals surface area (Å²) in [5.41, 5.74) is -3.19. The molecule has 0 aromatic carbocycles. The SMILES string of the molecule is C[C@@H]1CC2C3C[C@H](F)C4=CC(=O)C=C[C@]4(C)C34O[C@H]4C[C@]2(C)[C@@]1(O)C(=O)CO. The van der Waals surface area contributed by atoms with E-state index in [2.05, 4.69) is 0 Å². The Bertz CT molecular complexity index is 850. The first-order valence-electron chi connectivity index (χ1n) is 10.2. The van der Waals surface area contributed by atoms with Crippen molar-refractivity contribution in [2.24, 2.45) is 28.6 Å². The molecule has 0 amide bonds. The zero-order valence-electron chi connectivity index (χ0n) is 16.4. The van der Waals surface area contributed by atoms with Crippen molar-refractivity contribution in [3.8, 4) is 0 Å². The minimum absolute atomic E-state index is 0.0931. The van der Waals surface area contributed by atoms with Crippen molar-refractivity contribution in [2.45, 2.75) is 63.5 Å². The van der Waals surface area contributed by atoms with Gasteiger partial charge in [0, 0.05) is 10.8 Å². The second-order valence-corrected chi connectivity index (χ2v) is 9.96. The maximum absolute atomic E-state index is 15.3. The van der Waals surface area contributed by atoms with Gasteiger partial charge >= 0.3 is 0 Å². The minimum atomic E-state index is -1.63. The fraction of sp³-hybridized carbons (Fsp3) is 0.727. The van der Waals surface area contributed by atoms with Gasteiger partial charge in [0.15, 0.2) is 11.6 Å². The first-order chi connectivity index (χ1) is 13.1. The highest BCUT2D eigenvalue weighted by Crippen LogP contribution is 2.76. The number of carbonyl (C=O) groups is 2. The summed E-state index contributed by atoms with van der Waals surface area (Å²) >= 11 is 0. The van der Waals surface area contributed by atoms with Crippen LogP contribution in [0.25, 0.3) is 0 Å². The van der Waals surface area contributed by atoms with Crippen molar-refractivity contribution in [1.82, 2.24) is 0 Å². The van der Waals surface area contributed by atoms with Gasteiger partial charge in [-0.1, -0.05) is 19.9 Å². The van der Waals surface area contributed by atoms with Crippen LogP contribution in [0.1, 0.15) is 40.0 Å². The molecule has 3 unspecified atom stereocenters. The number of halogens is 1. The predicted octanol–water partition coefficient (Wildman–Crippen LogP) is 1.91. The van der Waals surface area contributed by atoms with Crippen molar-refractivity contribution in [3.05, 3.63) is 23.8 Å². The van der Waals surface area contributed by atoms with Crippen LogP contribution in [0.2, 0.25) is 0 Å². The number of Topliss-reactive ketones (excluding diaryl/α,β-unsaturated/α-hetero) is 1. The molecule has 152 valence electrons. The molecule has 1 spiro atoms. The highest BCUT2D eigenvalue weighted by atomic mass is 19.1. The summed E-state index contributed by atoms with van der Waals surface area (Å²) in [5.74, 6) is -1.32. The average molecular weight is 390 g/mol. The number of aliphatic hydroxyl groups is 2. The largest absolute Gasteiger partial charge is 0.388 e. The van der Waals surface area contributed by atoms with Gasteiger partial charge in [0.2, 0.25) is 0 Å². The number of fused-ring (bicyclic) bond motifs is 3. The molecule has 0 aromatic rings. The van der Waals surface area contributed by atoms with Gasteiger partial charge in [-0.3, -0.25) is 9.59 Å². The third-order valence-corrected chi connectivity index (χ3v) is 9.07. The fourth-order valence-electron chi connectivity index (χ4n) is 7.69. The third kappa shape index (κ3) is 1.75. The number of alkyl halides is 1. The molecule has 28 heavy (non-hydrogen) atoms. The molecular formula is C22H27FO5. The van der Waals surface area contributed by atoms with Gasteiger partial charge in [0.1, 0.15) is 24.0 Å². The molecule has 5 aliphatic rings. The summed E-state index contributed by atoms with van der Waals surface area (Å²) in [6, 6.07) is 0. The monoisotopic (exact) mass is 390 g/mol. The molecular weight excluding hydrogens is 363 g/mol. The summed E-state index contributed by atoms with van der Waals surface area (Å²) in [6.45, 7) is 5.00. The number of hydrogen-bond donors (Lipinski definition) is 2. The molecule has 0 aromatic heterocycles. The quantitative estimate of drug-likeness (QED) is 0.704. The van der Waals surface area contributed by atoms with Gasteiger partial charge in [-0.25, -0.2) is 4.39 Å². The molecule has 2 N–H and O–H groups in total. The molecule has 4 aliphatic carbocycles. The number of ether oxygens (including phenoxy) is 1. The van der Waals surface area contributed by atoms with Gasteiger partial charge in [-0.05, 0) is 61.7 Å². The van der Waals surface area contributed by atoms with Gasteiger partial charge < -0.3 is 14.9 Å². The van der Waals surface area contributed by atoms with E-state index in [1.165, 1.54) is 12.2 Å². The number of aliphatic hydroxyl groups excluding tert-OH is 1. The van der Waals surface area contributed by atoms with E-state index < -0.39 is 40.6 Å². The van der Waals surface area contributed by atoms with Crippen LogP contribution in [0.4, 0.5) is 4.39 Å². The van der Waals surface area contributed by atoms with Crippen LogP contribution in [0.5, 0.6) is 0 Å². The van der Waals surface area contributed by atoms with E-state index in [-0.39, 0.29) is 36.1 Å². The summed E-state index contributed by atoms with van der Waals surface area (Å²) < 4.78 is 21.6. The topological polar surface area (TPSA) is 87.1 Å². The Morgan fingerprint density at radius 1 is 1.32 bits per heavy atom. The zero-order chi connectivity index (χ0) is 20.3. The Morgan fingerprint density at radius 3 is 2.71 bits per heavy atom. The highest BCUT2D eigenvalue weighted by Gasteiger charge is 2.82.